The van der Waals surface area contributed by atoms with Gasteiger partial charge in [-0.05, 0) is 37.2 Å². The van der Waals surface area contributed by atoms with Gasteiger partial charge >= 0.3 is 0 Å². The number of benzene rings is 1. The second-order valence-corrected chi connectivity index (χ2v) is 6.22. The van der Waals surface area contributed by atoms with Crippen LogP contribution in [0.25, 0.3) is 0 Å². The van der Waals surface area contributed by atoms with E-state index in [-0.39, 0.29) is 11.5 Å². The average Bonchev–Trinajstić information content (AvgIpc) is 2.40. The Morgan fingerprint density at radius 3 is 2.17 bits per heavy atom. The molecule has 2 saturated carbocycles. The Hall–Kier alpha value is -0.820. The minimum Gasteiger partial charge on any atom is -0.392 e. The maximum atomic E-state index is 10.9. The van der Waals surface area contributed by atoms with E-state index >= 15 is 0 Å². The Morgan fingerprint density at radius 2 is 1.61 bits per heavy atom. The molecule has 0 aromatic heterocycles. The third kappa shape index (κ3) is 1.99. The summed E-state index contributed by atoms with van der Waals surface area (Å²) < 4.78 is 0. The molecule has 2 fully saturated rings. The van der Waals surface area contributed by atoms with Crippen molar-refractivity contribution in [1.29, 1.82) is 0 Å². The molecule has 98 valence electrons. The van der Waals surface area contributed by atoms with Crippen LogP contribution in [-0.2, 0) is 5.41 Å². The number of rotatable bonds is 3. The normalized spacial score (nSPS) is 25.4. The van der Waals surface area contributed by atoms with Crippen molar-refractivity contribution in [3.8, 4) is 0 Å². The van der Waals surface area contributed by atoms with Crippen molar-refractivity contribution in [3.63, 3.8) is 0 Å². The largest absolute Gasteiger partial charge is 0.392 e. The Morgan fingerprint density at radius 1 is 0.944 bits per heavy atom. The van der Waals surface area contributed by atoms with Crippen LogP contribution in [0.5, 0.6) is 0 Å². The third-order valence-corrected chi connectivity index (χ3v) is 5.26. The fourth-order valence-corrected chi connectivity index (χ4v) is 3.98. The molecule has 0 heterocycles. The molecular formula is C17H24O. The summed E-state index contributed by atoms with van der Waals surface area (Å²) in [4.78, 5) is 0. The van der Waals surface area contributed by atoms with Gasteiger partial charge in [0.1, 0.15) is 0 Å². The summed E-state index contributed by atoms with van der Waals surface area (Å²) in [6.45, 7) is 0. The van der Waals surface area contributed by atoms with E-state index in [1.807, 2.05) is 0 Å². The standard InChI is InChI=1S/C17H24O/c18-16(14-8-3-1-4-9-14)17(12-7-13-17)15-10-5-2-6-11-15/h2,5-6,10-11,14,16,18H,1,3-4,7-9,12-13H2. The van der Waals surface area contributed by atoms with E-state index in [2.05, 4.69) is 30.3 Å². The summed E-state index contributed by atoms with van der Waals surface area (Å²) in [5.41, 5.74) is 1.46. The minimum absolute atomic E-state index is 0.0866. The lowest BCUT2D eigenvalue weighted by molar-refractivity contribution is -0.0251. The molecule has 3 rings (SSSR count). The molecule has 0 aliphatic heterocycles. The van der Waals surface area contributed by atoms with Gasteiger partial charge in [-0.15, -0.1) is 0 Å². The highest BCUT2D eigenvalue weighted by Gasteiger charge is 2.47. The minimum atomic E-state index is -0.117. The van der Waals surface area contributed by atoms with Gasteiger partial charge in [0.25, 0.3) is 0 Å². The lowest BCUT2D eigenvalue weighted by atomic mass is 9.57. The zero-order valence-corrected chi connectivity index (χ0v) is 11.1. The first-order chi connectivity index (χ1) is 8.83. The van der Waals surface area contributed by atoms with Gasteiger partial charge in [-0.2, -0.15) is 0 Å². The van der Waals surface area contributed by atoms with Crippen molar-refractivity contribution in [1.82, 2.24) is 0 Å². The van der Waals surface area contributed by atoms with Gasteiger partial charge in [0, 0.05) is 5.41 Å². The van der Waals surface area contributed by atoms with E-state index in [1.54, 1.807) is 0 Å². The second-order valence-electron chi connectivity index (χ2n) is 6.22. The van der Waals surface area contributed by atoms with Crippen molar-refractivity contribution in [2.45, 2.75) is 62.9 Å². The summed E-state index contributed by atoms with van der Waals surface area (Å²) >= 11 is 0. The molecule has 1 heteroatoms. The zero-order valence-electron chi connectivity index (χ0n) is 11.1. The fourth-order valence-electron chi connectivity index (χ4n) is 3.98. The summed E-state index contributed by atoms with van der Waals surface area (Å²) in [7, 11) is 0. The van der Waals surface area contributed by atoms with Crippen LogP contribution in [0.2, 0.25) is 0 Å². The fraction of sp³-hybridized carbons (Fsp3) is 0.647. The summed E-state index contributed by atoms with van der Waals surface area (Å²) in [5, 5.41) is 10.9. The van der Waals surface area contributed by atoms with Crippen LogP contribution in [0, 0.1) is 5.92 Å². The van der Waals surface area contributed by atoms with Crippen molar-refractivity contribution in [3.05, 3.63) is 35.9 Å². The van der Waals surface area contributed by atoms with Crippen LogP contribution in [0.4, 0.5) is 0 Å². The highest BCUT2D eigenvalue weighted by Crippen LogP contribution is 2.50. The van der Waals surface area contributed by atoms with E-state index in [0.29, 0.717) is 5.92 Å². The predicted octanol–water partition coefficient (Wildman–Crippen LogP) is 4.05. The molecular weight excluding hydrogens is 220 g/mol. The molecule has 0 radical (unpaired) electrons. The van der Waals surface area contributed by atoms with Crippen LogP contribution in [0.3, 0.4) is 0 Å². The molecule has 18 heavy (non-hydrogen) atoms. The lowest BCUT2D eigenvalue weighted by Crippen LogP contribution is -2.49. The highest BCUT2D eigenvalue weighted by atomic mass is 16.3. The average molecular weight is 244 g/mol. The summed E-state index contributed by atoms with van der Waals surface area (Å²) in [6.07, 6.45) is 9.96. The highest BCUT2D eigenvalue weighted by molar-refractivity contribution is 5.30. The SMILES string of the molecule is OC(C1CCCCC1)C1(c2ccccc2)CCC1. The number of hydrogen-bond acceptors (Lipinski definition) is 1. The molecule has 1 aromatic carbocycles. The maximum Gasteiger partial charge on any atom is 0.0664 e. The van der Waals surface area contributed by atoms with Crippen LogP contribution in [-0.4, -0.2) is 11.2 Å². The smallest absolute Gasteiger partial charge is 0.0664 e. The van der Waals surface area contributed by atoms with Crippen molar-refractivity contribution >= 4 is 0 Å². The molecule has 2 aliphatic carbocycles. The zero-order chi connectivity index (χ0) is 12.4. The van der Waals surface area contributed by atoms with E-state index in [4.69, 9.17) is 0 Å². The van der Waals surface area contributed by atoms with Crippen molar-refractivity contribution in [2.24, 2.45) is 5.92 Å². The van der Waals surface area contributed by atoms with Crippen LogP contribution < -0.4 is 0 Å². The summed E-state index contributed by atoms with van der Waals surface area (Å²) in [6, 6.07) is 10.7. The summed E-state index contributed by atoms with van der Waals surface area (Å²) in [5.74, 6) is 0.541. The molecule has 1 unspecified atom stereocenters. The van der Waals surface area contributed by atoms with Gasteiger partial charge in [0.2, 0.25) is 0 Å². The monoisotopic (exact) mass is 244 g/mol. The Balaban J connectivity index is 1.82. The first-order valence-electron chi connectivity index (χ1n) is 7.56. The van der Waals surface area contributed by atoms with E-state index in [1.165, 1.54) is 56.9 Å². The van der Waals surface area contributed by atoms with Gasteiger partial charge in [0.05, 0.1) is 6.10 Å². The molecule has 0 spiro atoms. The van der Waals surface area contributed by atoms with Gasteiger partial charge in [-0.3, -0.25) is 0 Å². The lowest BCUT2D eigenvalue weighted by Gasteiger charge is -2.49. The molecule has 0 amide bonds. The third-order valence-electron chi connectivity index (χ3n) is 5.26. The van der Waals surface area contributed by atoms with Crippen molar-refractivity contribution in [2.75, 3.05) is 0 Å². The van der Waals surface area contributed by atoms with Crippen LogP contribution in [0.1, 0.15) is 56.9 Å². The molecule has 1 N–H and O–H groups in total. The number of aliphatic hydroxyl groups excluding tert-OH is 1. The number of aliphatic hydroxyl groups is 1. The van der Waals surface area contributed by atoms with E-state index < -0.39 is 0 Å². The predicted molar refractivity (Wildman–Crippen MR) is 74.6 cm³/mol. The number of hydrogen-bond donors (Lipinski definition) is 1. The van der Waals surface area contributed by atoms with Crippen molar-refractivity contribution < 1.29 is 5.11 Å². The van der Waals surface area contributed by atoms with E-state index in [0.717, 1.165) is 0 Å². The molecule has 1 nitrogen and oxygen atoms in total. The first-order valence-corrected chi connectivity index (χ1v) is 7.56. The van der Waals surface area contributed by atoms with Crippen LogP contribution >= 0.6 is 0 Å². The molecule has 1 atom stereocenters. The van der Waals surface area contributed by atoms with Gasteiger partial charge in [-0.1, -0.05) is 56.0 Å². The molecule has 1 aromatic rings. The van der Waals surface area contributed by atoms with Gasteiger partial charge in [-0.25, -0.2) is 0 Å². The Bertz CT molecular complexity index is 374. The van der Waals surface area contributed by atoms with E-state index in [9.17, 15) is 5.11 Å². The molecule has 0 saturated heterocycles. The topological polar surface area (TPSA) is 20.2 Å². The van der Waals surface area contributed by atoms with Gasteiger partial charge < -0.3 is 5.11 Å². The molecule has 0 bridgehead atoms. The first kappa shape index (κ1) is 12.2. The quantitative estimate of drug-likeness (QED) is 0.850. The Labute approximate surface area is 110 Å². The second kappa shape index (κ2) is 5.05. The Kier molecular flexibility index (Phi) is 3.43. The maximum absolute atomic E-state index is 10.9. The molecule has 2 aliphatic rings. The van der Waals surface area contributed by atoms with Gasteiger partial charge in [0.15, 0.2) is 0 Å². The van der Waals surface area contributed by atoms with Crippen LogP contribution in [0.15, 0.2) is 30.3 Å².